The number of rotatable bonds is 7. The van der Waals surface area contributed by atoms with Crippen LogP contribution in [0.15, 0.2) is 11.4 Å². The zero-order valence-corrected chi connectivity index (χ0v) is 12.1. The first-order valence-corrected chi connectivity index (χ1v) is 7.07. The van der Waals surface area contributed by atoms with Crippen LogP contribution in [0.1, 0.15) is 32.5 Å². The van der Waals surface area contributed by atoms with Crippen molar-refractivity contribution in [1.29, 1.82) is 0 Å². The van der Waals surface area contributed by atoms with Crippen LogP contribution in [0.5, 0.6) is 0 Å². The van der Waals surface area contributed by atoms with Crippen LogP contribution in [0.3, 0.4) is 0 Å². The number of carboxylic acid groups (broad SMARTS) is 1. The van der Waals surface area contributed by atoms with E-state index in [2.05, 4.69) is 4.98 Å². The van der Waals surface area contributed by atoms with E-state index in [1.807, 2.05) is 6.92 Å². The van der Waals surface area contributed by atoms with E-state index < -0.39 is 12.0 Å². The number of ether oxygens (including phenoxy) is 1. The Morgan fingerprint density at radius 3 is 2.74 bits per heavy atom. The largest absolute Gasteiger partial charge is 0.481 e. The lowest BCUT2D eigenvalue weighted by molar-refractivity contribution is -0.146. The Morgan fingerprint density at radius 2 is 2.21 bits per heavy atom. The Hall–Kier alpha value is -1.50. The molecule has 1 N–H and O–H groups in total. The van der Waals surface area contributed by atoms with E-state index in [-0.39, 0.29) is 11.7 Å². The van der Waals surface area contributed by atoms with Crippen molar-refractivity contribution in [1.82, 2.24) is 9.55 Å². The van der Waals surface area contributed by atoms with E-state index in [1.165, 1.54) is 0 Å². The predicted molar refractivity (Wildman–Crippen MR) is 71.3 cm³/mol. The molecule has 1 rings (SSSR count). The number of esters is 1. The average Bonchev–Trinajstić information content (AvgIpc) is 2.78. The summed E-state index contributed by atoms with van der Waals surface area (Å²) in [6.07, 6.45) is 2.38. The highest BCUT2D eigenvalue weighted by Crippen LogP contribution is 2.24. The Kier molecular flexibility index (Phi) is 5.88. The molecule has 0 saturated carbocycles. The lowest BCUT2D eigenvalue weighted by atomic mass is 10.3. The second-order valence-electron chi connectivity index (χ2n) is 3.87. The summed E-state index contributed by atoms with van der Waals surface area (Å²) < 4.78 is 6.74. The molecule has 0 radical (unpaired) electrons. The van der Waals surface area contributed by atoms with Gasteiger partial charge in [-0.3, -0.25) is 4.79 Å². The van der Waals surface area contributed by atoms with Crippen LogP contribution in [-0.4, -0.2) is 39.0 Å². The van der Waals surface area contributed by atoms with Gasteiger partial charge in [-0.25, -0.2) is 9.78 Å². The Bertz CT molecular complexity index is 459. The number of imidazole rings is 1. The smallest absolute Gasteiger partial charge is 0.328 e. The molecule has 1 unspecified atom stereocenters. The first-order chi connectivity index (χ1) is 9.01. The molecule has 1 aromatic rings. The van der Waals surface area contributed by atoms with Gasteiger partial charge in [0.05, 0.1) is 12.4 Å². The third-order valence-electron chi connectivity index (χ3n) is 2.54. The molecular weight excluding hydrogens is 268 g/mol. The zero-order chi connectivity index (χ0) is 14.4. The molecule has 1 atom stereocenters. The van der Waals surface area contributed by atoms with Gasteiger partial charge < -0.3 is 14.4 Å². The van der Waals surface area contributed by atoms with Crippen molar-refractivity contribution in [2.75, 3.05) is 12.4 Å². The van der Waals surface area contributed by atoms with Crippen molar-refractivity contribution >= 4 is 23.7 Å². The molecule has 0 bridgehead atoms. The van der Waals surface area contributed by atoms with Gasteiger partial charge in [-0.1, -0.05) is 18.7 Å². The molecule has 106 valence electrons. The SMILES string of the molecule is CCOC(=O)C(C)n1c(CC)cnc1SCC(=O)O. The number of aliphatic carboxylic acids is 1. The van der Waals surface area contributed by atoms with Crippen LogP contribution in [-0.2, 0) is 20.7 Å². The summed E-state index contributed by atoms with van der Waals surface area (Å²) in [7, 11) is 0. The molecule has 1 aromatic heterocycles. The first kappa shape index (κ1) is 15.6. The number of hydrogen-bond donors (Lipinski definition) is 1. The minimum atomic E-state index is -0.915. The highest BCUT2D eigenvalue weighted by molar-refractivity contribution is 7.99. The highest BCUT2D eigenvalue weighted by Gasteiger charge is 2.22. The van der Waals surface area contributed by atoms with E-state index >= 15 is 0 Å². The number of carbonyl (C=O) groups excluding carboxylic acids is 1. The number of thioether (sulfide) groups is 1. The second-order valence-corrected chi connectivity index (χ2v) is 4.81. The van der Waals surface area contributed by atoms with Gasteiger partial charge in [-0.05, 0) is 20.3 Å². The fraction of sp³-hybridized carbons (Fsp3) is 0.583. The molecule has 6 nitrogen and oxygen atoms in total. The van der Waals surface area contributed by atoms with Gasteiger partial charge in [-0.15, -0.1) is 0 Å². The third kappa shape index (κ3) is 3.99. The molecule has 0 aliphatic rings. The molecule has 7 heteroatoms. The average molecular weight is 286 g/mol. The van der Waals surface area contributed by atoms with E-state index in [1.54, 1.807) is 24.6 Å². The highest BCUT2D eigenvalue weighted by atomic mass is 32.2. The van der Waals surface area contributed by atoms with Gasteiger partial charge in [0.25, 0.3) is 0 Å². The van der Waals surface area contributed by atoms with Gasteiger partial charge in [0, 0.05) is 11.9 Å². The Morgan fingerprint density at radius 1 is 1.53 bits per heavy atom. The molecule has 0 amide bonds. The second kappa shape index (κ2) is 7.18. The summed E-state index contributed by atoms with van der Waals surface area (Å²) in [5.74, 6) is -1.34. The van der Waals surface area contributed by atoms with Crippen molar-refractivity contribution in [2.24, 2.45) is 0 Å². The van der Waals surface area contributed by atoms with Gasteiger partial charge >= 0.3 is 11.9 Å². The maximum Gasteiger partial charge on any atom is 0.328 e. The molecule has 0 spiro atoms. The molecule has 0 aliphatic carbocycles. The third-order valence-corrected chi connectivity index (χ3v) is 3.49. The lowest BCUT2D eigenvalue weighted by Crippen LogP contribution is -2.21. The normalized spacial score (nSPS) is 12.2. The van der Waals surface area contributed by atoms with Crippen molar-refractivity contribution in [3.63, 3.8) is 0 Å². The van der Waals surface area contributed by atoms with Gasteiger partial charge in [0.15, 0.2) is 5.16 Å². The minimum absolute atomic E-state index is 0.0876. The maximum atomic E-state index is 11.8. The molecule has 0 saturated heterocycles. The predicted octanol–water partition coefficient (Wildman–Crippen LogP) is 1.75. The van der Waals surface area contributed by atoms with Crippen LogP contribution in [0.2, 0.25) is 0 Å². The molecule has 0 aliphatic heterocycles. The number of aromatic nitrogens is 2. The van der Waals surface area contributed by atoms with Crippen LogP contribution in [0, 0.1) is 0 Å². The van der Waals surface area contributed by atoms with Gasteiger partial charge in [-0.2, -0.15) is 0 Å². The van der Waals surface area contributed by atoms with E-state index in [0.717, 1.165) is 17.5 Å². The number of aryl methyl sites for hydroxylation is 1. The van der Waals surface area contributed by atoms with Crippen molar-refractivity contribution < 1.29 is 19.4 Å². The fourth-order valence-corrected chi connectivity index (χ4v) is 2.45. The van der Waals surface area contributed by atoms with Crippen LogP contribution < -0.4 is 0 Å². The zero-order valence-electron chi connectivity index (χ0n) is 11.3. The molecule has 0 fully saturated rings. The van der Waals surface area contributed by atoms with Crippen molar-refractivity contribution in [3.05, 3.63) is 11.9 Å². The van der Waals surface area contributed by atoms with Crippen LogP contribution >= 0.6 is 11.8 Å². The quantitative estimate of drug-likeness (QED) is 0.607. The fourth-order valence-electron chi connectivity index (χ4n) is 1.65. The summed E-state index contributed by atoms with van der Waals surface area (Å²) in [5, 5.41) is 9.24. The van der Waals surface area contributed by atoms with Crippen LogP contribution in [0.25, 0.3) is 0 Å². The summed E-state index contributed by atoms with van der Waals surface area (Å²) in [6.45, 7) is 5.75. The number of hydrogen-bond acceptors (Lipinski definition) is 5. The van der Waals surface area contributed by atoms with Crippen molar-refractivity contribution in [2.45, 2.75) is 38.4 Å². The molecule has 0 aromatic carbocycles. The minimum Gasteiger partial charge on any atom is -0.481 e. The monoisotopic (exact) mass is 286 g/mol. The van der Waals surface area contributed by atoms with E-state index in [0.29, 0.717) is 18.2 Å². The van der Waals surface area contributed by atoms with Gasteiger partial charge in [0.1, 0.15) is 6.04 Å². The molecular formula is C12H18N2O4S. The maximum absolute atomic E-state index is 11.8. The molecule has 19 heavy (non-hydrogen) atoms. The van der Waals surface area contributed by atoms with Crippen molar-refractivity contribution in [3.8, 4) is 0 Å². The number of carbonyl (C=O) groups is 2. The first-order valence-electron chi connectivity index (χ1n) is 6.08. The summed E-state index contributed by atoms with van der Waals surface area (Å²) in [5.41, 5.74) is 0.883. The van der Waals surface area contributed by atoms with Crippen LogP contribution in [0.4, 0.5) is 0 Å². The Balaban J connectivity index is 2.97. The van der Waals surface area contributed by atoms with Gasteiger partial charge in [0.2, 0.25) is 0 Å². The summed E-state index contributed by atoms with van der Waals surface area (Å²) >= 11 is 1.10. The standard InChI is InChI=1S/C12H18N2O4S/c1-4-9-6-13-12(19-7-10(15)16)14(9)8(3)11(17)18-5-2/h6,8H,4-5,7H2,1-3H3,(H,15,16). The van der Waals surface area contributed by atoms with E-state index in [9.17, 15) is 9.59 Å². The number of carboxylic acids is 1. The Labute approximate surface area is 116 Å². The topological polar surface area (TPSA) is 81.4 Å². The van der Waals surface area contributed by atoms with E-state index in [4.69, 9.17) is 9.84 Å². The summed E-state index contributed by atoms with van der Waals surface area (Å²) in [4.78, 5) is 26.6. The lowest BCUT2D eigenvalue weighted by Gasteiger charge is -2.17. The number of nitrogens with zero attached hydrogens (tertiary/aromatic N) is 2. The molecule has 1 heterocycles. The summed E-state index contributed by atoms with van der Waals surface area (Å²) in [6, 6.07) is -0.506.